The summed E-state index contributed by atoms with van der Waals surface area (Å²) >= 11 is 0. The topological polar surface area (TPSA) is 84.2 Å². The molecule has 0 bridgehead atoms. The highest BCUT2D eigenvalue weighted by Crippen LogP contribution is 2.34. The van der Waals surface area contributed by atoms with E-state index in [1.807, 2.05) is 24.3 Å². The number of hydrogen-bond donors (Lipinski definition) is 1. The van der Waals surface area contributed by atoms with Gasteiger partial charge in [-0.1, -0.05) is 19.1 Å². The van der Waals surface area contributed by atoms with Crippen molar-refractivity contribution in [1.29, 1.82) is 0 Å². The van der Waals surface area contributed by atoms with Gasteiger partial charge in [-0.25, -0.2) is 9.97 Å². The maximum Gasteiger partial charge on any atom is 0.353 e. The van der Waals surface area contributed by atoms with E-state index < -0.39 is 4.92 Å². The van der Waals surface area contributed by atoms with Gasteiger partial charge in [0.2, 0.25) is 11.6 Å². The summed E-state index contributed by atoms with van der Waals surface area (Å²) in [5, 5.41) is 14.0. The summed E-state index contributed by atoms with van der Waals surface area (Å²) in [4.78, 5) is 20.5. The second kappa shape index (κ2) is 6.17. The average molecular weight is 287 g/mol. The smallest absolute Gasteiger partial charge is 0.353 e. The molecule has 2 aromatic rings. The Bertz CT molecular complexity index is 642. The van der Waals surface area contributed by atoms with Crippen LogP contribution in [0.3, 0.4) is 0 Å². The second-order valence-corrected chi connectivity index (χ2v) is 4.48. The zero-order chi connectivity index (χ0) is 15.4. The van der Waals surface area contributed by atoms with Crippen LogP contribution in [-0.4, -0.2) is 29.0 Å². The molecule has 21 heavy (non-hydrogen) atoms. The number of anilines is 3. The predicted molar refractivity (Wildman–Crippen MR) is 82.1 cm³/mol. The van der Waals surface area contributed by atoms with Gasteiger partial charge in [0.15, 0.2) is 0 Å². The first kappa shape index (κ1) is 14.7. The molecule has 7 nitrogen and oxygen atoms in total. The van der Waals surface area contributed by atoms with E-state index in [1.54, 1.807) is 19.0 Å². The van der Waals surface area contributed by atoms with Crippen LogP contribution >= 0.6 is 0 Å². The average Bonchev–Trinajstić information content (AvgIpc) is 2.53. The molecule has 7 heteroatoms. The molecule has 0 amide bonds. The molecular formula is C14H17N5O2. The van der Waals surface area contributed by atoms with Gasteiger partial charge in [0.25, 0.3) is 0 Å². The van der Waals surface area contributed by atoms with Gasteiger partial charge < -0.3 is 10.2 Å². The lowest BCUT2D eigenvalue weighted by Gasteiger charge is -2.18. The molecule has 0 aliphatic carbocycles. The van der Waals surface area contributed by atoms with Crippen molar-refractivity contribution in [3.8, 4) is 0 Å². The fourth-order valence-corrected chi connectivity index (χ4v) is 2.04. The number of aromatic nitrogens is 2. The number of hydrogen-bond acceptors (Lipinski definition) is 6. The molecule has 0 aliphatic heterocycles. The Hall–Kier alpha value is -2.70. The molecular weight excluding hydrogens is 270 g/mol. The Kier molecular flexibility index (Phi) is 4.32. The molecule has 2 rings (SSSR count). The third-order valence-electron chi connectivity index (χ3n) is 3.27. The minimum Gasteiger partial charge on any atom is -0.367 e. The number of rotatable bonds is 5. The zero-order valence-corrected chi connectivity index (χ0v) is 12.2. The number of nitro groups is 1. The van der Waals surface area contributed by atoms with E-state index in [0.29, 0.717) is 0 Å². The normalized spacial score (nSPS) is 10.2. The van der Waals surface area contributed by atoms with E-state index in [2.05, 4.69) is 22.2 Å². The van der Waals surface area contributed by atoms with Gasteiger partial charge >= 0.3 is 5.69 Å². The summed E-state index contributed by atoms with van der Waals surface area (Å²) in [5.74, 6) is 0.450. The molecule has 0 atom stereocenters. The van der Waals surface area contributed by atoms with Crippen molar-refractivity contribution in [3.63, 3.8) is 0 Å². The van der Waals surface area contributed by atoms with Gasteiger partial charge in [-0.2, -0.15) is 0 Å². The highest BCUT2D eigenvalue weighted by Gasteiger charge is 2.25. The molecule has 0 aliphatic rings. The molecule has 1 N–H and O–H groups in total. The summed E-state index contributed by atoms with van der Waals surface area (Å²) in [7, 11) is 3.34. The van der Waals surface area contributed by atoms with E-state index >= 15 is 0 Å². The van der Waals surface area contributed by atoms with Crippen LogP contribution in [0.15, 0.2) is 30.6 Å². The molecule has 0 fully saturated rings. The molecule has 110 valence electrons. The van der Waals surface area contributed by atoms with Gasteiger partial charge in [0.05, 0.1) is 4.92 Å². The van der Waals surface area contributed by atoms with E-state index in [0.717, 1.165) is 12.1 Å². The zero-order valence-electron chi connectivity index (χ0n) is 12.2. The first-order valence-electron chi connectivity index (χ1n) is 6.58. The van der Waals surface area contributed by atoms with Crippen molar-refractivity contribution in [3.05, 3.63) is 46.3 Å². The predicted octanol–water partition coefficient (Wildman–Crippen LogP) is 2.76. The molecule has 1 heterocycles. The fourth-order valence-electron chi connectivity index (χ4n) is 2.04. The van der Waals surface area contributed by atoms with Gasteiger partial charge in [0, 0.05) is 19.8 Å². The molecule has 0 saturated carbocycles. The van der Waals surface area contributed by atoms with Crippen LogP contribution in [0.1, 0.15) is 12.5 Å². The maximum atomic E-state index is 11.3. The molecule has 1 aromatic carbocycles. The Morgan fingerprint density at radius 1 is 1.29 bits per heavy atom. The lowest BCUT2D eigenvalue weighted by molar-refractivity contribution is -0.383. The second-order valence-electron chi connectivity index (χ2n) is 4.48. The Morgan fingerprint density at radius 2 is 1.95 bits per heavy atom. The van der Waals surface area contributed by atoms with E-state index in [9.17, 15) is 10.1 Å². The summed E-state index contributed by atoms with van der Waals surface area (Å²) in [6.07, 6.45) is 2.26. The molecule has 0 spiro atoms. The van der Waals surface area contributed by atoms with Gasteiger partial charge in [-0.05, 0) is 24.1 Å². The Morgan fingerprint density at radius 3 is 2.48 bits per heavy atom. The van der Waals surface area contributed by atoms with E-state index in [4.69, 9.17) is 0 Å². The van der Waals surface area contributed by atoms with Crippen LogP contribution in [0, 0.1) is 10.1 Å². The summed E-state index contributed by atoms with van der Waals surface area (Å²) in [6, 6.07) is 7.84. The third kappa shape index (κ3) is 2.91. The highest BCUT2D eigenvalue weighted by molar-refractivity contribution is 5.75. The van der Waals surface area contributed by atoms with E-state index in [1.165, 1.54) is 11.9 Å². The monoisotopic (exact) mass is 287 g/mol. The third-order valence-corrected chi connectivity index (χ3v) is 3.27. The van der Waals surface area contributed by atoms with Crippen molar-refractivity contribution in [2.24, 2.45) is 0 Å². The number of nitrogens with zero attached hydrogens (tertiary/aromatic N) is 4. The van der Waals surface area contributed by atoms with Crippen LogP contribution in [0.25, 0.3) is 0 Å². The molecule has 0 unspecified atom stereocenters. The van der Waals surface area contributed by atoms with Crippen LogP contribution in [0.4, 0.5) is 23.0 Å². The van der Waals surface area contributed by atoms with E-state index in [-0.39, 0.29) is 17.3 Å². The van der Waals surface area contributed by atoms with Crippen molar-refractivity contribution in [2.75, 3.05) is 24.3 Å². The lowest BCUT2D eigenvalue weighted by atomic mass is 10.1. The van der Waals surface area contributed by atoms with Crippen LogP contribution in [-0.2, 0) is 6.42 Å². The van der Waals surface area contributed by atoms with Gasteiger partial charge in [-0.15, -0.1) is 0 Å². The standard InChI is InChI=1S/C14H17N5O2/c1-4-10-5-7-11(8-6-10)18(3)14-12(19(20)21)13(15-2)16-9-17-14/h5-9H,4H2,1-3H3,(H,15,16,17). The lowest BCUT2D eigenvalue weighted by Crippen LogP contribution is -2.15. The van der Waals surface area contributed by atoms with Crippen LogP contribution in [0.5, 0.6) is 0 Å². The van der Waals surface area contributed by atoms with Crippen molar-refractivity contribution in [1.82, 2.24) is 9.97 Å². The number of aryl methyl sites for hydroxylation is 1. The number of nitrogens with one attached hydrogen (secondary N) is 1. The summed E-state index contributed by atoms with van der Waals surface area (Å²) in [5.41, 5.74) is 1.90. The van der Waals surface area contributed by atoms with Crippen LogP contribution in [0.2, 0.25) is 0 Å². The number of benzene rings is 1. The van der Waals surface area contributed by atoms with Gasteiger partial charge in [-0.3, -0.25) is 10.1 Å². The quantitative estimate of drug-likeness (QED) is 0.672. The Labute approximate surface area is 122 Å². The van der Waals surface area contributed by atoms with Gasteiger partial charge in [0.1, 0.15) is 6.33 Å². The fraction of sp³-hybridized carbons (Fsp3) is 0.286. The maximum absolute atomic E-state index is 11.3. The van der Waals surface area contributed by atoms with Crippen LogP contribution < -0.4 is 10.2 Å². The van der Waals surface area contributed by atoms with Crippen molar-refractivity contribution >= 4 is 23.0 Å². The minimum atomic E-state index is -0.474. The Balaban J connectivity index is 2.46. The summed E-state index contributed by atoms with van der Waals surface area (Å²) < 4.78 is 0. The van der Waals surface area contributed by atoms with Crippen molar-refractivity contribution in [2.45, 2.75) is 13.3 Å². The first-order chi connectivity index (χ1) is 10.1. The minimum absolute atomic E-state index is 0.137. The molecule has 1 aromatic heterocycles. The SMILES string of the molecule is CCc1ccc(N(C)c2ncnc(NC)c2[N+](=O)[O-])cc1. The molecule has 0 radical (unpaired) electrons. The molecule has 0 saturated heterocycles. The highest BCUT2D eigenvalue weighted by atomic mass is 16.6. The van der Waals surface area contributed by atoms with Crippen molar-refractivity contribution < 1.29 is 4.92 Å². The first-order valence-corrected chi connectivity index (χ1v) is 6.58. The largest absolute Gasteiger partial charge is 0.367 e. The summed E-state index contributed by atoms with van der Waals surface area (Å²) in [6.45, 7) is 2.08.